The lowest BCUT2D eigenvalue weighted by Crippen LogP contribution is -2.18. The molecule has 0 saturated heterocycles. The summed E-state index contributed by atoms with van der Waals surface area (Å²) < 4.78 is 19.3. The topological polar surface area (TPSA) is 67.8 Å². The van der Waals surface area contributed by atoms with E-state index in [2.05, 4.69) is 5.48 Å². The lowest BCUT2D eigenvalue weighted by Gasteiger charge is -2.06. The van der Waals surface area contributed by atoms with Gasteiger partial charge >= 0.3 is 5.97 Å². The van der Waals surface area contributed by atoms with Gasteiger partial charge < -0.3 is 9.84 Å². The minimum Gasteiger partial charge on any atom is -0.477 e. The van der Waals surface area contributed by atoms with Crippen LogP contribution in [0.2, 0.25) is 0 Å². The van der Waals surface area contributed by atoms with E-state index in [1.807, 2.05) is 0 Å². The average Bonchev–Trinajstić information content (AvgIpc) is 2.79. The number of hydrogen-bond donors (Lipinski definition) is 2. The normalized spacial score (nSPS) is 11.1. The molecule has 0 amide bonds. The van der Waals surface area contributed by atoms with E-state index in [1.54, 1.807) is 19.2 Å². The molecule has 20 heavy (non-hydrogen) atoms. The van der Waals surface area contributed by atoms with Crippen LogP contribution in [0.1, 0.15) is 15.2 Å². The summed E-state index contributed by atoms with van der Waals surface area (Å²) in [6.45, 7) is 0.854. The van der Waals surface area contributed by atoms with Crippen molar-refractivity contribution in [3.8, 4) is 0 Å². The van der Waals surface area contributed by atoms with Gasteiger partial charge in [0.05, 0.1) is 13.2 Å². The molecule has 0 aliphatic rings. The van der Waals surface area contributed by atoms with E-state index in [4.69, 9.17) is 9.57 Å². The molecule has 0 atom stereocenters. The zero-order valence-corrected chi connectivity index (χ0v) is 11.6. The minimum atomic E-state index is -1.07. The van der Waals surface area contributed by atoms with Gasteiger partial charge in [-0.1, -0.05) is 6.07 Å². The number of rotatable bonds is 7. The molecule has 5 nitrogen and oxygen atoms in total. The van der Waals surface area contributed by atoms with E-state index >= 15 is 0 Å². The summed E-state index contributed by atoms with van der Waals surface area (Å²) in [6.07, 6.45) is 0. The lowest BCUT2D eigenvalue weighted by atomic mass is 10.1. The fraction of sp³-hybridized carbons (Fsp3) is 0.308. The number of hydrogen-bond acceptors (Lipinski definition) is 5. The fourth-order valence-electron chi connectivity index (χ4n) is 1.83. The maximum absolute atomic E-state index is 13.9. The Morgan fingerprint density at radius 3 is 2.95 bits per heavy atom. The predicted octanol–water partition coefficient (Wildman–Crippen LogP) is 2.41. The number of hydroxylamine groups is 1. The molecular formula is C13H14FNO4S. The summed E-state index contributed by atoms with van der Waals surface area (Å²) in [4.78, 5) is 16.4. The van der Waals surface area contributed by atoms with E-state index in [9.17, 15) is 14.3 Å². The Labute approximate surface area is 118 Å². The second-order valence-corrected chi connectivity index (χ2v) is 5.04. The molecule has 0 radical (unpaired) electrons. The summed E-state index contributed by atoms with van der Waals surface area (Å²) in [5.74, 6) is -1.50. The van der Waals surface area contributed by atoms with Crippen molar-refractivity contribution in [3.63, 3.8) is 0 Å². The van der Waals surface area contributed by atoms with E-state index in [1.165, 1.54) is 6.07 Å². The molecular weight excluding hydrogens is 285 g/mol. The Bertz CT molecular complexity index is 614. The smallest absolute Gasteiger partial charge is 0.346 e. The van der Waals surface area contributed by atoms with Crippen molar-refractivity contribution in [3.05, 3.63) is 34.5 Å². The zero-order chi connectivity index (χ0) is 14.5. The molecule has 108 valence electrons. The third kappa shape index (κ3) is 3.13. The summed E-state index contributed by atoms with van der Waals surface area (Å²) in [6, 6.07) is 4.58. The predicted molar refractivity (Wildman–Crippen MR) is 73.4 cm³/mol. The van der Waals surface area contributed by atoms with Crippen LogP contribution < -0.4 is 5.48 Å². The number of carbonyl (C=O) groups is 1. The highest BCUT2D eigenvalue weighted by molar-refractivity contribution is 7.21. The van der Waals surface area contributed by atoms with Gasteiger partial charge in [0.15, 0.2) is 0 Å². The van der Waals surface area contributed by atoms with Crippen molar-refractivity contribution in [2.24, 2.45) is 0 Å². The van der Waals surface area contributed by atoms with Gasteiger partial charge in [0.1, 0.15) is 10.7 Å². The van der Waals surface area contributed by atoms with Gasteiger partial charge in [-0.15, -0.1) is 11.3 Å². The number of ether oxygens (including phenoxy) is 1. The molecule has 1 aromatic heterocycles. The first kappa shape index (κ1) is 14.9. The molecule has 7 heteroatoms. The van der Waals surface area contributed by atoms with Crippen LogP contribution in [-0.2, 0) is 16.1 Å². The number of halogens is 1. The largest absolute Gasteiger partial charge is 0.477 e. The van der Waals surface area contributed by atoms with Crippen molar-refractivity contribution >= 4 is 27.4 Å². The highest BCUT2D eigenvalue weighted by Crippen LogP contribution is 2.33. The Morgan fingerprint density at radius 1 is 1.45 bits per heavy atom. The van der Waals surface area contributed by atoms with Gasteiger partial charge in [-0.05, 0) is 12.1 Å². The molecule has 2 N–H and O–H groups in total. The average molecular weight is 299 g/mol. The second kappa shape index (κ2) is 6.76. The van der Waals surface area contributed by atoms with E-state index < -0.39 is 11.8 Å². The van der Waals surface area contributed by atoms with Crippen LogP contribution in [0, 0.1) is 5.82 Å². The van der Waals surface area contributed by atoms with Crippen LogP contribution in [0.25, 0.3) is 10.1 Å². The Balaban J connectivity index is 2.24. The molecule has 0 fully saturated rings. The fourth-order valence-corrected chi connectivity index (χ4v) is 2.90. The number of aromatic carboxylic acids is 1. The Kier molecular flexibility index (Phi) is 5.02. The molecule has 2 rings (SSSR count). The Morgan fingerprint density at radius 2 is 2.25 bits per heavy atom. The highest BCUT2D eigenvalue weighted by atomic mass is 32.1. The first-order valence-corrected chi connectivity index (χ1v) is 6.73. The highest BCUT2D eigenvalue weighted by Gasteiger charge is 2.19. The third-order valence-corrected chi connectivity index (χ3v) is 3.88. The number of fused-ring (bicyclic) bond motifs is 1. The van der Waals surface area contributed by atoms with Crippen molar-refractivity contribution < 1.29 is 23.9 Å². The van der Waals surface area contributed by atoms with Crippen molar-refractivity contribution in [2.45, 2.75) is 6.54 Å². The summed E-state index contributed by atoms with van der Waals surface area (Å²) in [5.41, 5.74) is 3.03. The molecule has 0 saturated carbocycles. The van der Waals surface area contributed by atoms with E-state index in [0.717, 1.165) is 11.3 Å². The summed E-state index contributed by atoms with van der Waals surface area (Å²) in [5, 5.41) is 9.53. The molecule has 0 spiro atoms. The van der Waals surface area contributed by atoms with Crippen molar-refractivity contribution in [1.29, 1.82) is 0 Å². The number of carboxylic acids is 1. The van der Waals surface area contributed by atoms with Gasteiger partial charge in [-0.2, -0.15) is 5.48 Å². The third-order valence-electron chi connectivity index (χ3n) is 2.70. The summed E-state index contributed by atoms with van der Waals surface area (Å²) >= 11 is 1.05. The van der Waals surface area contributed by atoms with Crippen LogP contribution in [0.3, 0.4) is 0 Å². The lowest BCUT2D eigenvalue weighted by molar-refractivity contribution is 0.00353. The number of carboxylic acid groups (broad SMARTS) is 1. The number of methoxy groups -OCH3 is 1. The molecule has 0 bridgehead atoms. The van der Waals surface area contributed by atoms with Gasteiger partial charge in [0.2, 0.25) is 0 Å². The van der Waals surface area contributed by atoms with Crippen LogP contribution in [-0.4, -0.2) is 31.4 Å². The molecule has 2 aromatic rings. The van der Waals surface area contributed by atoms with Gasteiger partial charge in [-0.3, -0.25) is 4.84 Å². The van der Waals surface area contributed by atoms with E-state index in [0.29, 0.717) is 28.9 Å². The van der Waals surface area contributed by atoms with Crippen molar-refractivity contribution in [1.82, 2.24) is 5.48 Å². The van der Waals surface area contributed by atoms with Crippen LogP contribution in [0.5, 0.6) is 0 Å². The van der Waals surface area contributed by atoms with Crippen LogP contribution in [0.4, 0.5) is 4.39 Å². The molecule has 0 unspecified atom stereocenters. The number of nitrogens with one attached hydrogen (secondary N) is 1. The summed E-state index contributed by atoms with van der Waals surface area (Å²) in [7, 11) is 1.55. The number of benzene rings is 1. The van der Waals surface area contributed by atoms with Crippen LogP contribution in [0.15, 0.2) is 18.2 Å². The maximum atomic E-state index is 13.9. The zero-order valence-electron chi connectivity index (χ0n) is 10.8. The van der Waals surface area contributed by atoms with E-state index in [-0.39, 0.29) is 11.4 Å². The number of thiophene rings is 1. The van der Waals surface area contributed by atoms with Crippen LogP contribution >= 0.6 is 11.3 Å². The SMILES string of the molecule is COCCONCc1c(C(=O)O)sc2cccc(F)c12. The van der Waals surface area contributed by atoms with Gasteiger partial charge in [0.25, 0.3) is 0 Å². The monoisotopic (exact) mass is 299 g/mol. The molecule has 1 heterocycles. The first-order chi connectivity index (χ1) is 9.65. The van der Waals surface area contributed by atoms with Gasteiger partial charge in [0, 0.05) is 29.3 Å². The molecule has 0 aliphatic carbocycles. The quantitative estimate of drug-likeness (QED) is 0.607. The molecule has 1 aromatic carbocycles. The maximum Gasteiger partial charge on any atom is 0.346 e. The standard InChI is InChI=1S/C13H14FNO4S/c1-18-5-6-19-15-7-8-11-9(14)3-2-4-10(11)20-12(8)13(16)17/h2-4,15H,5-7H2,1H3,(H,16,17). The van der Waals surface area contributed by atoms with Crippen molar-refractivity contribution in [2.75, 3.05) is 20.3 Å². The first-order valence-electron chi connectivity index (χ1n) is 5.92. The minimum absolute atomic E-state index is 0.117. The Hall–Kier alpha value is -1.54. The molecule has 0 aliphatic heterocycles. The second-order valence-electron chi connectivity index (χ2n) is 3.99. The van der Waals surface area contributed by atoms with Gasteiger partial charge in [-0.25, -0.2) is 9.18 Å².